The highest BCUT2D eigenvalue weighted by atomic mass is 16.5. The van der Waals surface area contributed by atoms with Crippen LogP contribution in [0.15, 0.2) is 78.9 Å². The quantitative estimate of drug-likeness (QED) is 0.339. The zero-order chi connectivity index (χ0) is 22.8. The summed E-state index contributed by atoms with van der Waals surface area (Å²) in [5.74, 6) is 0.822. The minimum atomic E-state index is 0.0673. The average molecular weight is 439 g/mol. The molecule has 0 aliphatic carbocycles. The number of aromatic nitrogens is 1. The van der Waals surface area contributed by atoms with Gasteiger partial charge in [0.05, 0.1) is 12.7 Å². The second-order valence-electron chi connectivity index (χ2n) is 8.90. The highest BCUT2D eigenvalue weighted by Gasteiger charge is 2.28. The molecule has 0 spiro atoms. The number of fused-ring (bicyclic) bond motifs is 1. The lowest BCUT2D eigenvalue weighted by Gasteiger charge is -2.26. The van der Waals surface area contributed by atoms with Gasteiger partial charge in [0, 0.05) is 41.3 Å². The summed E-state index contributed by atoms with van der Waals surface area (Å²) in [7, 11) is 1.64. The highest BCUT2D eigenvalue weighted by molar-refractivity contribution is 6.17. The molecule has 1 aliphatic heterocycles. The van der Waals surface area contributed by atoms with Crippen molar-refractivity contribution in [3.8, 4) is 5.75 Å². The van der Waals surface area contributed by atoms with Crippen molar-refractivity contribution in [2.75, 3.05) is 13.7 Å². The van der Waals surface area contributed by atoms with E-state index in [0.29, 0.717) is 11.6 Å². The number of carbonyl (C=O) groups is 1. The van der Waals surface area contributed by atoms with Crippen LogP contribution in [0.2, 0.25) is 0 Å². The zero-order valence-electron chi connectivity index (χ0n) is 19.3. The van der Waals surface area contributed by atoms with E-state index in [4.69, 9.17) is 4.74 Å². The fourth-order valence-corrected chi connectivity index (χ4v) is 5.18. The molecular formula is C29H30N2O2. The van der Waals surface area contributed by atoms with Crippen molar-refractivity contribution in [1.82, 2.24) is 9.47 Å². The summed E-state index contributed by atoms with van der Waals surface area (Å²) in [6.07, 6.45) is 2.40. The molecule has 4 nitrogen and oxygen atoms in total. The number of methoxy groups -OCH3 is 1. The van der Waals surface area contributed by atoms with E-state index in [1.165, 1.54) is 18.4 Å². The van der Waals surface area contributed by atoms with Crippen molar-refractivity contribution in [2.24, 2.45) is 0 Å². The second-order valence-corrected chi connectivity index (χ2v) is 8.90. The van der Waals surface area contributed by atoms with Crippen molar-refractivity contribution in [1.29, 1.82) is 0 Å². The summed E-state index contributed by atoms with van der Waals surface area (Å²) in [5.41, 5.74) is 5.03. The Kier molecular flexibility index (Phi) is 6.01. The van der Waals surface area contributed by atoms with Gasteiger partial charge in [0.15, 0.2) is 5.78 Å². The standard InChI is InChI=1S/C29H30N2O2/c1-21-28(29(32)23-14-16-25(33-2)17-15-23)26-12-6-7-13-27(26)31(21)20-24-11-8-18-30(24)19-22-9-4-3-5-10-22/h3-7,9-10,12-17,24H,8,11,18-20H2,1-2H3. The van der Waals surface area contributed by atoms with Crippen molar-refractivity contribution in [3.63, 3.8) is 0 Å². The highest BCUT2D eigenvalue weighted by Crippen LogP contribution is 2.31. The Morgan fingerprint density at radius 2 is 1.70 bits per heavy atom. The van der Waals surface area contributed by atoms with Gasteiger partial charge in [-0.15, -0.1) is 0 Å². The number of rotatable bonds is 7. The van der Waals surface area contributed by atoms with Gasteiger partial charge in [0.25, 0.3) is 0 Å². The molecule has 168 valence electrons. The van der Waals surface area contributed by atoms with Gasteiger partial charge in [0.2, 0.25) is 0 Å². The normalized spacial score (nSPS) is 16.4. The molecule has 1 aliphatic rings. The fraction of sp³-hybridized carbons (Fsp3) is 0.276. The van der Waals surface area contributed by atoms with Gasteiger partial charge in [-0.2, -0.15) is 0 Å². The lowest BCUT2D eigenvalue weighted by molar-refractivity contribution is 0.103. The van der Waals surface area contributed by atoms with Crippen LogP contribution in [0.4, 0.5) is 0 Å². The van der Waals surface area contributed by atoms with Crippen LogP contribution in [0.5, 0.6) is 5.75 Å². The molecule has 1 atom stereocenters. The third-order valence-electron chi connectivity index (χ3n) is 6.93. The summed E-state index contributed by atoms with van der Waals surface area (Å²) in [6, 6.07) is 26.9. The van der Waals surface area contributed by atoms with Crippen LogP contribution in [-0.4, -0.2) is 34.9 Å². The molecule has 1 aromatic heterocycles. The molecule has 4 heteroatoms. The van der Waals surface area contributed by atoms with Crippen LogP contribution in [0.1, 0.15) is 40.0 Å². The third kappa shape index (κ3) is 4.19. The topological polar surface area (TPSA) is 34.5 Å². The summed E-state index contributed by atoms with van der Waals surface area (Å²) < 4.78 is 7.62. The van der Waals surface area contributed by atoms with E-state index in [0.717, 1.165) is 47.5 Å². The Morgan fingerprint density at radius 1 is 0.970 bits per heavy atom. The Morgan fingerprint density at radius 3 is 2.45 bits per heavy atom. The lowest BCUT2D eigenvalue weighted by Crippen LogP contribution is -2.32. The van der Waals surface area contributed by atoms with Crippen LogP contribution in [0.25, 0.3) is 10.9 Å². The van der Waals surface area contributed by atoms with Crippen molar-refractivity contribution < 1.29 is 9.53 Å². The minimum Gasteiger partial charge on any atom is -0.497 e. The van der Waals surface area contributed by atoms with E-state index < -0.39 is 0 Å². The van der Waals surface area contributed by atoms with Crippen LogP contribution >= 0.6 is 0 Å². The van der Waals surface area contributed by atoms with Crippen LogP contribution in [0.3, 0.4) is 0 Å². The second kappa shape index (κ2) is 9.24. The van der Waals surface area contributed by atoms with E-state index >= 15 is 0 Å². The first-order valence-electron chi connectivity index (χ1n) is 11.7. The molecule has 1 saturated heterocycles. The van der Waals surface area contributed by atoms with Gasteiger partial charge in [0.1, 0.15) is 5.75 Å². The maximum atomic E-state index is 13.6. The van der Waals surface area contributed by atoms with E-state index in [-0.39, 0.29) is 5.78 Å². The smallest absolute Gasteiger partial charge is 0.195 e. The molecule has 1 fully saturated rings. The summed E-state index contributed by atoms with van der Waals surface area (Å²) in [5, 5.41) is 1.03. The number of likely N-dealkylation sites (tertiary alicyclic amines) is 1. The Balaban J connectivity index is 1.47. The fourth-order valence-electron chi connectivity index (χ4n) is 5.18. The molecule has 5 rings (SSSR count). The average Bonchev–Trinajstić information content (AvgIpc) is 3.41. The number of hydrogen-bond acceptors (Lipinski definition) is 3. The molecule has 1 unspecified atom stereocenters. The van der Waals surface area contributed by atoms with Crippen LogP contribution in [0, 0.1) is 6.92 Å². The van der Waals surface area contributed by atoms with Crippen molar-refractivity contribution in [2.45, 2.75) is 38.9 Å². The number of para-hydroxylation sites is 1. The lowest BCUT2D eigenvalue weighted by atomic mass is 10.0. The number of nitrogens with zero attached hydrogens (tertiary/aromatic N) is 2. The summed E-state index contributed by atoms with van der Waals surface area (Å²) in [4.78, 5) is 16.2. The molecule has 0 saturated carbocycles. The van der Waals surface area contributed by atoms with Gasteiger partial charge in [-0.05, 0) is 62.2 Å². The molecule has 0 bridgehead atoms. The molecule has 0 N–H and O–H groups in total. The van der Waals surface area contributed by atoms with Gasteiger partial charge in [-0.1, -0.05) is 48.5 Å². The maximum absolute atomic E-state index is 13.6. The molecule has 0 radical (unpaired) electrons. The number of ketones is 1. The van der Waals surface area contributed by atoms with Gasteiger partial charge in [-0.3, -0.25) is 9.69 Å². The van der Waals surface area contributed by atoms with Gasteiger partial charge in [-0.25, -0.2) is 0 Å². The molecule has 4 aromatic rings. The van der Waals surface area contributed by atoms with Crippen molar-refractivity contribution >= 4 is 16.7 Å². The predicted molar refractivity (Wildman–Crippen MR) is 133 cm³/mol. The third-order valence-corrected chi connectivity index (χ3v) is 6.93. The number of carbonyl (C=O) groups excluding carboxylic acids is 1. The Labute approximate surface area is 195 Å². The monoisotopic (exact) mass is 438 g/mol. The zero-order valence-corrected chi connectivity index (χ0v) is 19.3. The van der Waals surface area contributed by atoms with E-state index in [9.17, 15) is 4.79 Å². The van der Waals surface area contributed by atoms with E-state index in [1.807, 2.05) is 30.3 Å². The first-order valence-corrected chi connectivity index (χ1v) is 11.7. The number of hydrogen-bond donors (Lipinski definition) is 0. The minimum absolute atomic E-state index is 0.0673. The number of benzene rings is 3. The summed E-state index contributed by atoms with van der Waals surface area (Å²) in [6.45, 7) is 5.08. The van der Waals surface area contributed by atoms with Crippen molar-refractivity contribution in [3.05, 3.63) is 101 Å². The maximum Gasteiger partial charge on any atom is 0.195 e. The van der Waals surface area contributed by atoms with Crippen LogP contribution < -0.4 is 4.74 Å². The SMILES string of the molecule is COc1ccc(C(=O)c2c(C)n(CC3CCCN3Cc3ccccc3)c3ccccc23)cc1. The summed E-state index contributed by atoms with van der Waals surface area (Å²) >= 11 is 0. The van der Waals surface area contributed by atoms with Gasteiger partial charge >= 0.3 is 0 Å². The first-order chi connectivity index (χ1) is 16.2. The Bertz CT molecular complexity index is 1260. The molecule has 33 heavy (non-hydrogen) atoms. The van der Waals surface area contributed by atoms with Gasteiger partial charge < -0.3 is 9.30 Å². The predicted octanol–water partition coefficient (Wildman–Crippen LogP) is 5.85. The van der Waals surface area contributed by atoms with Crippen LogP contribution in [-0.2, 0) is 13.1 Å². The molecular weight excluding hydrogens is 408 g/mol. The molecule has 3 aromatic carbocycles. The van der Waals surface area contributed by atoms with E-state index in [1.54, 1.807) is 7.11 Å². The molecule has 2 heterocycles. The Hall–Kier alpha value is -3.37. The molecule has 0 amide bonds. The largest absolute Gasteiger partial charge is 0.497 e. The van der Waals surface area contributed by atoms with E-state index in [2.05, 4.69) is 64.9 Å². The first kappa shape index (κ1) is 21.5. The number of ether oxygens (including phenoxy) is 1.